The summed E-state index contributed by atoms with van der Waals surface area (Å²) in [5, 5.41) is 11.7. The third kappa shape index (κ3) is 7.02. The number of carbonyl (C=O) groups is 3. The maximum atomic E-state index is 13.8. The summed E-state index contributed by atoms with van der Waals surface area (Å²) < 4.78 is 5.78. The average molecular weight is 542 g/mol. The maximum Gasteiger partial charge on any atom is 0.286 e. The summed E-state index contributed by atoms with van der Waals surface area (Å²) >= 11 is 1.44. The van der Waals surface area contributed by atoms with Gasteiger partial charge in [0.15, 0.2) is 0 Å². The van der Waals surface area contributed by atoms with Crippen molar-refractivity contribution in [2.75, 3.05) is 25.4 Å². The minimum atomic E-state index is -0.963. The standard InChI is InChI=1S/C28H39N5O4S/c1-21(2)19-23(24(35)26-30-31-27(37-26)38-18-17-32-15-9-10-16-32)33(20-34)28(13-7-4-8-14-28)29-25(36)22-11-5-3-6-12-22/h3,5-6,11-12,20-21,23H,4,7-10,13-19H2,1-2H3,(H,29,36). The Bertz CT molecular complexity index is 1060. The van der Waals surface area contributed by atoms with Crippen LogP contribution >= 0.6 is 11.8 Å². The minimum absolute atomic E-state index is 0.0912. The van der Waals surface area contributed by atoms with Gasteiger partial charge < -0.3 is 19.5 Å². The fourth-order valence-electron chi connectivity index (χ4n) is 5.50. The van der Waals surface area contributed by atoms with Crippen LogP contribution < -0.4 is 5.32 Å². The molecule has 2 heterocycles. The second-order valence-electron chi connectivity index (χ2n) is 10.7. The Kier molecular flexibility index (Phi) is 9.96. The maximum absolute atomic E-state index is 13.8. The number of likely N-dealkylation sites (tertiary alicyclic amines) is 1. The number of amides is 2. The highest BCUT2D eigenvalue weighted by molar-refractivity contribution is 7.99. The van der Waals surface area contributed by atoms with Gasteiger partial charge in [-0.1, -0.05) is 50.2 Å². The number of thioether (sulfide) groups is 1. The van der Waals surface area contributed by atoms with Crippen LogP contribution in [-0.2, 0) is 4.79 Å². The van der Waals surface area contributed by atoms with Gasteiger partial charge in [0.05, 0.1) is 0 Å². The number of hydrogen-bond donors (Lipinski definition) is 1. The molecule has 1 saturated heterocycles. The normalized spacial score (nSPS) is 18.3. The largest absolute Gasteiger partial charge is 0.408 e. The van der Waals surface area contributed by atoms with Gasteiger partial charge in [-0.2, -0.15) is 0 Å². The molecule has 1 aromatic carbocycles. The molecule has 4 rings (SSSR count). The van der Waals surface area contributed by atoms with E-state index in [2.05, 4.69) is 20.4 Å². The molecule has 1 saturated carbocycles. The van der Waals surface area contributed by atoms with Crippen LogP contribution in [-0.4, -0.2) is 75.2 Å². The van der Waals surface area contributed by atoms with Gasteiger partial charge in [-0.3, -0.25) is 14.4 Å². The number of benzene rings is 1. The lowest BCUT2D eigenvalue weighted by molar-refractivity contribution is -0.129. The molecule has 1 aliphatic carbocycles. The van der Waals surface area contributed by atoms with Crippen molar-refractivity contribution in [2.24, 2.45) is 5.92 Å². The summed E-state index contributed by atoms with van der Waals surface area (Å²) in [6, 6.07) is 8.13. The van der Waals surface area contributed by atoms with E-state index in [-0.39, 0.29) is 23.5 Å². The van der Waals surface area contributed by atoms with Crippen LogP contribution in [0.2, 0.25) is 0 Å². The third-order valence-electron chi connectivity index (χ3n) is 7.45. The number of carbonyl (C=O) groups excluding carboxylic acids is 3. The molecule has 1 aromatic heterocycles. The van der Waals surface area contributed by atoms with Gasteiger partial charge in [0.2, 0.25) is 12.2 Å². The zero-order valence-electron chi connectivity index (χ0n) is 22.4. The van der Waals surface area contributed by atoms with Gasteiger partial charge >= 0.3 is 0 Å². The first-order valence-corrected chi connectivity index (χ1v) is 14.7. The highest BCUT2D eigenvalue weighted by Gasteiger charge is 2.45. The van der Waals surface area contributed by atoms with Crippen LogP contribution in [0.25, 0.3) is 0 Å². The number of rotatable bonds is 13. The monoisotopic (exact) mass is 541 g/mol. The number of hydrogen-bond acceptors (Lipinski definition) is 8. The van der Waals surface area contributed by atoms with Gasteiger partial charge in [-0.05, 0) is 76.1 Å². The molecule has 0 bridgehead atoms. The molecule has 1 aliphatic heterocycles. The average Bonchev–Trinajstić information content (AvgIpc) is 3.62. The van der Waals surface area contributed by atoms with Crippen molar-refractivity contribution in [3.05, 3.63) is 41.8 Å². The first-order valence-electron chi connectivity index (χ1n) is 13.8. The molecule has 1 unspecified atom stereocenters. The van der Waals surface area contributed by atoms with Crippen LogP contribution in [0, 0.1) is 5.92 Å². The van der Waals surface area contributed by atoms with Crippen LogP contribution in [0.5, 0.6) is 0 Å². The van der Waals surface area contributed by atoms with Gasteiger partial charge in [-0.15, -0.1) is 10.2 Å². The number of ketones is 1. The van der Waals surface area contributed by atoms with Gasteiger partial charge in [0, 0.05) is 17.9 Å². The summed E-state index contributed by atoms with van der Waals surface area (Å²) in [6.07, 6.45) is 7.47. The quantitative estimate of drug-likeness (QED) is 0.172. The Hall–Kier alpha value is -2.72. The summed E-state index contributed by atoms with van der Waals surface area (Å²) in [7, 11) is 0. The van der Waals surface area contributed by atoms with Crippen LogP contribution in [0.1, 0.15) is 86.3 Å². The van der Waals surface area contributed by atoms with Crippen LogP contribution in [0.15, 0.2) is 40.0 Å². The number of aromatic nitrogens is 2. The van der Waals surface area contributed by atoms with E-state index in [0.717, 1.165) is 44.6 Å². The second-order valence-corrected chi connectivity index (χ2v) is 11.8. The number of nitrogens with zero attached hydrogens (tertiary/aromatic N) is 4. The minimum Gasteiger partial charge on any atom is -0.408 e. The third-order valence-corrected chi connectivity index (χ3v) is 8.25. The van der Waals surface area contributed by atoms with E-state index in [9.17, 15) is 14.4 Å². The zero-order valence-corrected chi connectivity index (χ0v) is 23.3. The molecule has 2 fully saturated rings. The van der Waals surface area contributed by atoms with Crippen molar-refractivity contribution in [1.29, 1.82) is 0 Å². The van der Waals surface area contributed by atoms with Crippen LogP contribution in [0.3, 0.4) is 0 Å². The molecule has 2 aromatic rings. The van der Waals surface area contributed by atoms with Crippen molar-refractivity contribution >= 4 is 29.9 Å². The molecule has 1 N–H and O–H groups in total. The predicted molar refractivity (Wildman–Crippen MR) is 146 cm³/mol. The number of Topliss-reactive ketones (excluding diaryl/α,β-unsaturated/α-hetero) is 1. The van der Waals surface area contributed by atoms with E-state index >= 15 is 0 Å². The van der Waals surface area contributed by atoms with E-state index in [1.807, 2.05) is 19.9 Å². The van der Waals surface area contributed by atoms with Crippen molar-refractivity contribution in [3.63, 3.8) is 0 Å². The Morgan fingerprint density at radius 3 is 2.47 bits per heavy atom. The molecular formula is C28H39N5O4S. The molecule has 0 spiro atoms. The highest BCUT2D eigenvalue weighted by Crippen LogP contribution is 2.35. The van der Waals surface area contributed by atoms with Crippen LogP contribution in [0.4, 0.5) is 0 Å². The molecular weight excluding hydrogens is 502 g/mol. The zero-order chi connectivity index (χ0) is 27.0. The first-order chi connectivity index (χ1) is 18.4. The smallest absolute Gasteiger partial charge is 0.286 e. The molecule has 10 heteroatoms. The summed E-state index contributed by atoms with van der Waals surface area (Å²) in [5.41, 5.74) is -0.447. The SMILES string of the molecule is CC(C)CC(C(=O)c1nnc(SCCN2CCCC2)o1)N(C=O)C1(NC(=O)c2ccccc2)CCCCC1. The van der Waals surface area contributed by atoms with Gasteiger partial charge in [-0.25, -0.2) is 0 Å². The lowest BCUT2D eigenvalue weighted by Crippen LogP contribution is -2.65. The first kappa shape index (κ1) is 28.3. The second kappa shape index (κ2) is 13.4. The van der Waals surface area contributed by atoms with Crippen molar-refractivity contribution in [3.8, 4) is 0 Å². The summed E-state index contributed by atoms with van der Waals surface area (Å²) in [4.78, 5) is 43.7. The van der Waals surface area contributed by atoms with Gasteiger partial charge in [0.1, 0.15) is 11.7 Å². The Morgan fingerprint density at radius 2 is 1.82 bits per heavy atom. The van der Waals surface area contributed by atoms with Crippen molar-refractivity contribution in [2.45, 2.75) is 82.1 Å². The molecule has 9 nitrogen and oxygen atoms in total. The lowest BCUT2D eigenvalue weighted by atomic mass is 9.84. The Labute approximate surface area is 229 Å². The molecule has 0 radical (unpaired) electrons. The van der Waals surface area contributed by atoms with E-state index in [1.54, 1.807) is 24.3 Å². The Morgan fingerprint density at radius 1 is 1.11 bits per heavy atom. The summed E-state index contributed by atoms with van der Waals surface area (Å²) in [6.45, 7) is 7.19. The highest BCUT2D eigenvalue weighted by atomic mass is 32.2. The molecule has 1 atom stereocenters. The topological polar surface area (TPSA) is 109 Å². The van der Waals surface area contributed by atoms with Crippen molar-refractivity contribution in [1.82, 2.24) is 25.3 Å². The number of nitrogens with one attached hydrogen (secondary N) is 1. The molecule has 206 valence electrons. The lowest BCUT2D eigenvalue weighted by Gasteiger charge is -2.48. The van der Waals surface area contributed by atoms with E-state index < -0.39 is 11.7 Å². The molecule has 2 aliphatic rings. The molecule has 2 amide bonds. The predicted octanol–water partition coefficient (Wildman–Crippen LogP) is 4.40. The van der Waals surface area contributed by atoms with E-state index in [0.29, 0.717) is 36.5 Å². The summed E-state index contributed by atoms with van der Waals surface area (Å²) in [5.74, 6) is 0.189. The Balaban J connectivity index is 1.53. The fourth-order valence-corrected chi connectivity index (χ4v) is 6.26. The van der Waals surface area contributed by atoms with E-state index in [1.165, 1.54) is 29.5 Å². The van der Waals surface area contributed by atoms with Crippen molar-refractivity contribution < 1.29 is 18.8 Å². The van der Waals surface area contributed by atoms with E-state index in [4.69, 9.17) is 4.42 Å². The fraction of sp³-hybridized carbons (Fsp3) is 0.607. The van der Waals surface area contributed by atoms with Gasteiger partial charge in [0.25, 0.3) is 17.0 Å². The molecule has 38 heavy (non-hydrogen) atoms.